The van der Waals surface area contributed by atoms with Gasteiger partial charge < -0.3 is 5.32 Å². The van der Waals surface area contributed by atoms with Crippen molar-refractivity contribution in [2.45, 2.75) is 58.8 Å². The molecule has 1 heterocycles. The summed E-state index contributed by atoms with van der Waals surface area (Å²) in [5, 5.41) is 3.49. The lowest BCUT2D eigenvalue weighted by atomic mass is 10.1. The molecule has 0 saturated heterocycles. The van der Waals surface area contributed by atoms with Crippen LogP contribution in [-0.4, -0.2) is 23.5 Å². The van der Waals surface area contributed by atoms with Gasteiger partial charge in [0.2, 0.25) is 0 Å². The van der Waals surface area contributed by atoms with Crippen molar-refractivity contribution in [2.24, 2.45) is 0 Å². The molecule has 1 aliphatic heterocycles. The van der Waals surface area contributed by atoms with E-state index in [9.17, 15) is 0 Å². The van der Waals surface area contributed by atoms with Gasteiger partial charge in [0.05, 0.1) is 0 Å². The fraction of sp³-hybridized carbons (Fsp3) is 0.625. The highest BCUT2D eigenvalue weighted by Gasteiger charge is 2.22. The van der Waals surface area contributed by atoms with E-state index in [0.717, 1.165) is 19.6 Å². The van der Waals surface area contributed by atoms with Gasteiger partial charge in [0.25, 0.3) is 0 Å². The van der Waals surface area contributed by atoms with Crippen LogP contribution < -0.4 is 5.32 Å². The molecular formula is C16H26N2. The molecule has 0 radical (unpaired) electrons. The Balaban J connectivity index is 1.74. The minimum atomic E-state index is 0.608. The van der Waals surface area contributed by atoms with Crippen LogP contribution in [-0.2, 0) is 13.1 Å². The molecule has 18 heavy (non-hydrogen) atoms. The molecule has 1 aromatic rings. The Hall–Kier alpha value is -0.860. The zero-order valence-corrected chi connectivity index (χ0v) is 11.9. The van der Waals surface area contributed by atoms with Crippen LogP contribution in [0.1, 0.15) is 44.7 Å². The summed E-state index contributed by atoms with van der Waals surface area (Å²) in [6, 6.07) is 10.1. The topological polar surface area (TPSA) is 15.3 Å². The molecule has 1 N–H and O–H groups in total. The lowest BCUT2D eigenvalue weighted by Crippen LogP contribution is -2.30. The van der Waals surface area contributed by atoms with Crippen LogP contribution in [0.2, 0.25) is 0 Å². The van der Waals surface area contributed by atoms with Crippen molar-refractivity contribution in [3.63, 3.8) is 0 Å². The van der Waals surface area contributed by atoms with Crippen LogP contribution in [0.5, 0.6) is 0 Å². The van der Waals surface area contributed by atoms with Crippen molar-refractivity contribution >= 4 is 0 Å². The van der Waals surface area contributed by atoms with Gasteiger partial charge in [-0.2, -0.15) is 0 Å². The van der Waals surface area contributed by atoms with E-state index in [2.05, 4.69) is 55.3 Å². The van der Waals surface area contributed by atoms with E-state index in [1.807, 2.05) is 0 Å². The van der Waals surface area contributed by atoms with Crippen LogP contribution >= 0.6 is 0 Å². The Bertz CT molecular complexity index is 348. The molecule has 0 saturated carbocycles. The zero-order valence-electron chi connectivity index (χ0n) is 11.9. The van der Waals surface area contributed by atoms with Crippen molar-refractivity contribution in [1.82, 2.24) is 10.2 Å². The van der Waals surface area contributed by atoms with Crippen molar-refractivity contribution in [3.8, 4) is 0 Å². The summed E-state index contributed by atoms with van der Waals surface area (Å²) in [6.07, 6.45) is 2.56. The summed E-state index contributed by atoms with van der Waals surface area (Å²) in [5.41, 5.74) is 3.04. The highest BCUT2D eigenvalue weighted by atomic mass is 15.2. The largest absolute Gasteiger partial charge is 0.315 e. The smallest absolute Gasteiger partial charge is 0.0243 e. The molecule has 100 valence electrons. The van der Waals surface area contributed by atoms with E-state index in [4.69, 9.17) is 0 Å². The summed E-state index contributed by atoms with van der Waals surface area (Å²) in [5.74, 6) is 0. The monoisotopic (exact) mass is 246 g/mol. The second kappa shape index (κ2) is 6.35. The number of nitrogens with one attached hydrogen (secondary N) is 1. The quantitative estimate of drug-likeness (QED) is 0.776. The Morgan fingerprint density at radius 3 is 2.28 bits per heavy atom. The molecule has 0 amide bonds. The third kappa shape index (κ3) is 3.56. The Labute approximate surface area is 111 Å². The Kier molecular flexibility index (Phi) is 4.79. The molecule has 1 unspecified atom stereocenters. The van der Waals surface area contributed by atoms with Gasteiger partial charge in [-0.1, -0.05) is 38.1 Å². The minimum Gasteiger partial charge on any atom is -0.315 e. The first-order chi connectivity index (χ1) is 8.66. The maximum Gasteiger partial charge on any atom is 0.0243 e. The lowest BCUT2D eigenvalue weighted by Gasteiger charge is -2.24. The second-order valence-corrected chi connectivity index (χ2v) is 5.77. The summed E-state index contributed by atoms with van der Waals surface area (Å²) < 4.78 is 0. The average Bonchev–Trinajstić information content (AvgIpc) is 2.78. The fourth-order valence-corrected chi connectivity index (χ4v) is 2.64. The first kappa shape index (κ1) is 13.6. The number of nitrogens with zero attached hydrogens (tertiary/aromatic N) is 1. The van der Waals surface area contributed by atoms with Crippen LogP contribution in [0.15, 0.2) is 24.3 Å². The van der Waals surface area contributed by atoms with Gasteiger partial charge in [0.15, 0.2) is 0 Å². The van der Waals surface area contributed by atoms with E-state index in [0.29, 0.717) is 12.1 Å². The lowest BCUT2D eigenvalue weighted by molar-refractivity contribution is 0.200. The molecule has 2 nitrogen and oxygen atoms in total. The molecule has 2 rings (SSSR count). The second-order valence-electron chi connectivity index (χ2n) is 5.77. The summed E-state index contributed by atoms with van der Waals surface area (Å²) in [7, 11) is 0. The predicted octanol–water partition coefficient (Wildman–Crippen LogP) is 3.17. The molecule has 1 atom stereocenters. The normalized spacial score (nSPS) is 17.1. The third-order valence-electron chi connectivity index (χ3n) is 3.84. The Morgan fingerprint density at radius 1 is 1.11 bits per heavy atom. The van der Waals surface area contributed by atoms with Gasteiger partial charge in [0.1, 0.15) is 0 Å². The van der Waals surface area contributed by atoms with Crippen LogP contribution in [0, 0.1) is 0 Å². The van der Waals surface area contributed by atoms with Gasteiger partial charge in [-0.05, 0) is 37.4 Å². The highest BCUT2D eigenvalue weighted by Crippen LogP contribution is 2.25. The average molecular weight is 246 g/mol. The van der Waals surface area contributed by atoms with Gasteiger partial charge >= 0.3 is 0 Å². The molecule has 0 spiro atoms. The predicted molar refractivity (Wildman–Crippen MR) is 77.5 cm³/mol. The van der Waals surface area contributed by atoms with Crippen molar-refractivity contribution < 1.29 is 0 Å². The summed E-state index contributed by atoms with van der Waals surface area (Å²) in [4.78, 5) is 2.60. The number of rotatable bonds is 6. The minimum absolute atomic E-state index is 0.608. The maximum absolute atomic E-state index is 3.49. The number of hydrogen-bond acceptors (Lipinski definition) is 2. The van der Waals surface area contributed by atoms with Crippen LogP contribution in [0.3, 0.4) is 0 Å². The molecule has 0 aromatic heterocycles. The molecule has 1 aliphatic rings. The molecule has 2 heteroatoms. The molecule has 1 aromatic carbocycles. The Morgan fingerprint density at radius 2 is 1.72 bits per heavy atom. The first-order valence-electron chi connectivity index (χ1n) is 7.21. The molecule has 0 fully saturated rings. The van der Waals surface area contributed by atoms with Crippen molar-refractivity contribution in [1.29, 1.82) is 0 Å². The molecule has 0 bridgehead atoms. The third-order valence-corrected chi connectivity index (χ3v) is 3.84. The van der Waals surface area contributed by atoms with E-state index in [-0.39, 0.29) is 0 Å². The zero-order chi connectivity index (χ0) is 13.0. The van der Waals surface area contributed by atoms with E-state index < -0.39 is 0 Å². The van der Waals surface area contributed by atoms with Gasteiger partial charge in [-0.15, -0.1) is 0 Å². The fourth-order valence-electron chi connectivity index (χ4n) is 2.64. The van der Waals surface area contributed by atoms with Crippen molar-refractivity contribution in [3.05, 3.63) is 35.4 Å². The van der Waals surface area contributed by atoms with E-state index in [1.165, 1.54) is 24.0 Å². The van der Waals surface area contributed by atoms with E-state index in [1.54, 1.807) is 0 Å². The number of benzene rings is 1. The summed E-state index contributed by atoms with van der Waals surface area (Å²) >= 11 is 0. The van der Waals surface area contributed by atoms with Crippen molar-refractivity contribution in [2.75, 3.05) is 6.54 Å². The SMILES string of the molecule is CC(C)NCCCC(C)N1Cc2ccccc2C1. The first-order valence-corrected chi connectivity index (χ1v) is 7.21. The van der Waals surface area contributed by atoms with Gasteiger partial charge in [-0.25, -0.2) is 0 Å². The molecular weight excluding hydrogens is 220 g/mol. The summed E-state index contributed by atoms with van der Waals surface area (Å²) in [6.45, 7) is 10.2. The van der Waals surface area contributed by atoms with Gasteiger partial charge in [0, 0.05) is 25.2 Å². The standard InChI is InChI=1S/C16H26N2/c1-13(2)17-10-6-7-14(3)18-11-15-8-4-5-9-16(15)12-18/h4-5,8-9,13-14,17H,6-7,10-12H2,1-3H3. The van der Waals surface area contributed by atoms with E-state index >= 15 is 0 Å². The van der Waals surface area contributed by atoms with Crippen LogP contribution in [0.25, 0.3) is 0 Å². The van der Waals surface area contributed by atoms with Gasteiger partial charge in [-0.3, -0.25) is 4.90 Å². The number of fused-ring (bicyclic) bond motifs is 1. The highest BCUT2D eigenvalue weighted by molar-refractivity contribution is 5.30. The maximum atomic E-state index is 3.49. The van der Waals surface area contributed by atoms with Crippen LogP contribution in [0.4, 0.5) is 0 Å². The number of hydrogen-bond donors (Lipinski definition) is 1. The molecule has 0 aliphatic carbocycles.